The highest BCUT2D eigenvalue weighted by Gasteiger charge is 2.06. The number of allylic oxidation sites excluding steroid dienone is 1. The number of hydrogen-bond donors (Lipinski definition) is 2. The fourth-order valence-electron chi connectivity index (χ4n) is 1.70. The van der Waals surface area contributed by atoms with Crippen LogP contribution in [-0.4, -0.2) is 11.8 Å². The van der Waals surface area contributed by atoms with Gasteiger partial charge in [0.05, 0.1) is 0 Å². The van der Waals surface area contributed by atoms with Crippen molar-refractivity contribution >= 4 is 23.2 Å². The maximum Gasteiger partial charge on any atom is 0.250 e. The predicted octanol–water partition coefficient (Wildman–Crippen LogP) is 3.25. The molecule has 19 heavy (non-hydrogen) atoms. The summed E-state index contributed by atoms with van der Waals surface area (Å²) in [6.07, 6.45) is 2.72. The van der Waals surface area contributed by atoms with Gasteiger partial charge in [-0.05, 0) is 44.0 Å². The molecule has 0 spiro atoms. The molecule has 0 aromatic heterocycles. The summed E-state index contributed by atoms with van der Waals surface area (Å²) < 4.78 is 0. The second kappa shape index (κ2) is 6.73. The lowest BCUT2D eigenvalue weighted by Crippen LogP contribution is -2.13. The third-order valence-corrected chi connectivity index (χ3v) is 2.66. The minimum atomic E-state index is -0.110. The van der Waals surface area contributed by atoms with Gasteiger partial charge in [0.15, 0.2) is 0 Å². The predicted molar refractivity (Wildman–Crippen MR) is 78.2 cm³/mol. The molecule has 0 bridgehead atoms. The van der Waals surface area contributed by atoms with Crippen molar-refractivity contribution in [3.8, 4) is 0 Å². The van der Waals surface area contributed by atoms with E-state index in [-0.39, 0.29) is 11.8 Å². The van der Waals surface area contributed by atoms with E-state index in [1.807, 2.05) is 26.0 Å². The summed E-state index contributed by atoms with van der Waals surface area (Å²) in [5, 5.41) is 5.56. The lowest BCUT2D eigenvalue weighted by Gasteiger charge is -2.10. The van der Waals surface area contributed by atoms with E-state index in [0.29, 0.717) is 5.57 Å². The van der Waals surface area contributed by atoms with Gasteiger partial charge >= 0.3 is 0 Å². The lowest BCUT2D eigenvalue weighted by molar-refractivity contribution is -0.114. The summed E-state index contributed by atoms with van der Waals surface area (Å²) in [5.74, 6) is -0.213. The van der Waals surface area contributed by atoms with Crippen LogP contribution >= 0.6 is 0 Å². The van der Waals surface area contributed by atoms with Crippen LogP contribution in [0.3, 0.4) is 0 Å². The van der Waals surface area contributed by atoms with E-state index < -0.39 is 0 Å². The molecule has 4 nitrogen and oxygen atoms in total. The van der Waals surface area contributed by atoms with Crippen molar-refractivity contribution < 1.29 is 9.59 Å². The fourth-order valence-corrected chi connectivity index (χ4v) is 1.70. The second-order valence-corrected chi connectivity index (χ2v) is 4.46. The van der Waals surface area contributed by atoms with Gasteiger partial charge in [-0.15, -0.1) is 0 Å². The largest absolute Gasteiger partial charge is 0.326 e. The highest BCUT2D eigenvalue weighted by molar-refractivity contribution is 6.03. The monoisotopic (exact) mass is 260 g/mol. The molecule has 2 amide bonds. The summed E-state index contributed by atoms with van der Waals surface area (Å²) in [5.41, 5.74) is 3.09. The van der Waals surface area contributed by atoms with Gasteiger partial charge in [0.25, 0.3) is 5.91 Å². The summed E-state index contributed by atoms with van der Waals surface area (Å²) in [6.45, 7) is 7.13. The van der Waals surface area contributed by atoms with Gasteiger partial charge in [0.1, 0.15) is 0 Å². The molecule has 1 aromatic rings. The first-order valence-electron chi connectivity index (χ1n) is 6.30. The Kier molecular flexibility index (Phi) is 5.30. The zero-order valence-electron chi connectivity index (χ0n) is 11.8. The van der Waals surface area contributed by atoms with Crippen LogP contribution in [0.15, 0.2) is 29.8 Å². The summed E-state index contributed by atoms with van der Waals surface area (Å²) >= 11 is 0. The molecule has 4 heteroatoms. The zero-order valence-corrected chi connectivity index (χ0v) is 11.8. The molecule has 0 unspecified atom stereocenters. The molecule has 0 radical (unpaired) electrons. The van der Waals surface area contributed by atoms with Gasteiger partial charge in [0.2, 0.25) is 5.91 Å². The van der Waals surface area contributed by atoms with Gasteiger partial charge in [0, 0.05) is 23.9 Å². The number of aryl methyl sites for hydroxylation is 1. The van der Waals surface area contributed by atoms with Crippen LogP contribution in [0.5, 0.6) is 0 Å². The maximum atomic E-state index is 11.8. The summed E-state index contributed by atoms with van der Waals surface area (Å²) in [6, 6.07) is 5.39. The van der Waals surface area contributed by atoms with Crippen molar-refractivity contribution in [3.05, 3.63) is 35.4 Å². The molecule has 0 saturated heterocycles. The highest BCUT2D eigenvalue weighted by Crippen LogP contribution is 2.20. The molecule has 0 heterocycles. The molecule has 0 aliphatic rings. The van der Waals surface area contributed by atoms with Crippen molar-refractivity contribution in [2.24, 2.45) is 0 Å². The van der Waals surface area contributed by atoms with Crippen molar-refractivity contribution in [2.45, 2.75) is 34.1 Å². The summed E-state index contributed by atoms with van der Waals surface area (Å²) in [7, 11) is 0. The number of carbonyl (C=O) groups is 2. The van der Waals surface area contributed by atoms with E-state index in [4.69, 9.17) is 0 Å². The van der Waals surface area contributed by atoms with Crippen molar-refractivity contribution in [1.82, 2.24) is 0 Å². The molecule has 0 saturated carbocycles. The molecule has 1 aromatic carbocycles. The quantitative estimate of drug-likeness (QED) is 0.816. The number of nitrogens with one attached hydrogen (secondary N) is 2. The Balaban J connectivity index is 2.81. The fraction of sp³-hybridized carbons (Fsp3) is 0.333. The van der Waals surface area contributed by atoms with Crippen LogP contribution in [0, 0.1) is 6.92 Å². The third-order valence-electron chi connectivity index (χ3n) is 2.66. The normalized spacial score (nSPS) is 11.1. The van der Waals surface area contributed by atoms with Crippen LogP contribution in [0.25, 0.3) is 0 Å². The van der Waals surface area contributed by atoms with E-state index in [9.17, 15) is 9.59 Å². The van der Waals surface area contributed by atoms with E-state index in [0.717, 1.165) is 23.4 Å². The number of rotatable bonds is 4. The topological polar surface area (TPSA) is 58.2 Å². The SMILES string of the molecule is CC/C=C(\C)C(=O)Nc1ccc(NC(C)=O)c(C)c1. The number of anilines is 2. The van der Waals surface area contributed by atoms with Crippen molar-refractivity contribution in [2.75, 3.05) is 10.6 Å². The molecule has 0 aliphatic carbocycles. The van der Waals surface area contributed by atoms with Crippen LogP contribution in [0.4, 0.5) is 11.4 Å². The van der Waals surface area contributed by atoms with Gasteiger partial charge in [-0.25, -0.2) is 0 Å². The van der Waals surface area contributed by atoms with Crippen LogP contribution in [0.1, 0.15) is 32.8 Å². The second-order valence-electron chi connectivity index (χ2n) is 4.46. The zero-order chi connectivity index (χ0) is 14.4. The van der Waals surface area contributed by atoms with E-state index in [2.05, 4.69) is 10.6 Å². The Hall–Kier alpha value is -2.10. The average molecular weight is 260 g/mol. The first-order chi connectivity index (χ1) is 8.93. The Bertz CT molecular complexity index is 519. The Labute approximate surface area is 113 Å². The number of benzene rings is 1. The van der Waals surface area contributed by atoms with Crippen molar-refractivity contribution in [1.29, 1.82) is 0 Å². The maximum absolute atomic E-state index is 11.8. The molecule has 0 atom stereocenters. The standard InChI is InChI=1S/C15H20N2O2/c1-5-6-10(2)15(19)17-13-7-8-14(11(3)9-13)16-12(4)18/h6-9H,5H2,1-4H3,(H,16,18)(H,17,19)/b10-6+. The van der Waals surface area contributed by atoms with Gasteiger partial charge in [-0.3, -0.25) is 9.59 Å². The molecule has 1 rings (SSSR count). The van der Waals surface area contributed by atoms with Crippen LogP contribution in [0.2, 0.25) is 0 Å². The van der Waals surface area contributed by atoms with Gasteiger partial charge in [-0.2, -0.15) is 0 Å². The molecular formula is C15H20N2O2. The third kappa shape index (κ3) is 4.58. The number of amides is 2. The average Bonchev–Trinajstić information content (AvgIpc) is 2.32. The first-order valence-corrected chi connectivity index (χ1v) is 6.30. The molecule has 0 fully saturated rings. The number of hydrogen-bond acceptors (Lipinski definition) is 2. The van der Waals surface area contributed by atoms with E-state index in [1.54, 1.807) is 19.1 Å². The van der Waals surface area contributed by atoms with Crippen LogP contribution in [-0.2, 0) is 9.59 Å². The van der Waals surface area contributed by atoms with Gasteiger partial charge in [-0.1, -0.05) is 13.0 Å². The number of carbonyl (C=O) groups excluding carboxylic acids is 2. The summed E-state index contributed by atoms with van der Waals surface area (Å²) in [4.78, 5) is 22.8. The van der Waals surface area contributed by atoms with E-state index >= 15 is 0 Å². The lowest BCUT2D eigenvalue weighted by atomic mass is 10.1. The Morgan fingerprint density at radius 2 is 1.89 bits per heavy atom. The highest BCUT2D eigenvalue weighted by atomic mass is 16.2. The first kappa shape index (κ1) is 15.0. The van der Waals surface area contributed by atoms with Crippen molar-refractivity contribution in [3.63, 3.8) is 0 Å². The molecule has 2 N–H and O–H groups in total. The minimum absolute atomic E-state index is 0.103. The minimum Gasteiger partial charge on any atom is -0.326 e. The molecular weight excluding hydrogens is 240 g/mol. The smallest absolute Gasteiger partial charge is 0.250 e. The Morgan fingerprint density at radius 3 is 2.42 bits per heavy atom. The van der Waals surface area contributed by atoms with E-state index in [1.165, 1.54) is 6.92 Å². The Morgan fingerprint density at radius 1 is 1.21 bits per heavy atom. The van der Waals surface area contributed by atoms with Gasteiger partial charge < -0.3 is 10.6 Å². The molecule has 0 aliphatic heterocycles. The molecule has 102 valence electrons. The van der Waals surface area contributed by atoms with Crippen LogP contribution < -0.4 is 10.6 Å².